The van der Waals surface area contributed by atoms with Gasteiger partial charge in [-0.25, -0.2) is 0 Å². The van der Waals surface area contributed by atoms with Gasteiger partial charge >= 0.3 is 299 Å². The van der Waals surface area contributed by atoms with Gasteiger partial charge in [0, 0.05) is 0 Å². The molecule has 0 amide bonds. The molecule has 0 spiro atoms. The second kappa shape index (κ2) is 29.2. The van der Waals surface area contributed by atoms with Gasteiger partial charge in [-0.1, -0.05) is 0 Å². The molecule has 0 unspecified atom stereocenters. The van der Waals surface area contributed by atoms with Crippen molar-refractivity contribution < 1.29 is 173 Å². The molecular weight excluding hydrogens is 1230 g/mol. The molecule has 21 aliphatic rings. The van der Waals surface area contributed by atoms with E-state index in [0.717, 1.165) is 4.46 Å². The van der Waals surface area contributed by atoms with Gasteiger partial charge in [-0.2, -0.15) is 0 Å². The quantitative estimate of drug-likeness (QED) is 0.0967. The number of rotatable bonds is 10. The summed E-state index contributed by atoms with van der Waals surface area (Å²) in [7, 11) is 1.46. The number of methoxy groups -OCH3 is 1. The Kier molecular flexibility index (Phi) is 23.2. The molecule has 35 nitrogen and oxygen atoms in total. The van der Waals surface area contributed by atoms with Crippen molar-refractivity contribution in [2.45, 2.75) is 220 Å². The molecule has 14 bridgehead atoms. The van der Waals surface area contributed by atoms with E-state index < -0.39 is 270 Å². The third-order valence-corrected chi connectivity index (χ3v) is 18.4. The molecule has 22 rings (SSSR count). The summed E-state index contributed by atoms with van der Waals surface area (Å²) in [5, 5.41) is 224. The van der Waals surface area contributed by atoms with Crippen LogP contribution in [0.25, 0.3) is 0 Å². The molecule has 21 fully saturated rings. The van der Waals surface area contributed by atoms with Crippen LogP contribution in [0, 0.1) is 0 Å². The van der Waals surface area contributed by atoms with E-state index in [9.17, 15) is 102 Å². The molecule has 1 aromatic carbocycles. The molecule has 0 aliphatic carbocycles. The minimum atomic E-state index is -2.21. The average molecular weight is 1300 g/mol. The van der Waals surface area contributed by atoms with Crippen molar-refractivity contribution in [2.24, 2.45) is 0 Å². The SMILES string of the molecule is COc1ccc([Se]C[C@H]2O[C@@H]3O[C@H]4[C@H](O)[C@@H](O)[C@@H](O[C@H]5[C@H](O)[C@@H](O)[C@@H](O[C@H]6[C@H](O)[C@@H](O)[C@@H](O[C@H]7[C@@H](O)[C@H](O)[C@@H](O[C@H]8[C@@H](O)[C@H](O)[C@@H](O[C@H]9[C@@H](O)[C@H](O)[C@@H](O[C@H]2[C@H](O)[C@H]3O)O[C@@H]9CO)O[C@@H]8CO)O[C@@H]7CO)O[C@@H]6CO)O[C@@H]5CO)O[C@@H]4CO)cc1. The molecular formula is C49H76O35Se. The topological polar surface area (TPSA) is 543 Å². The standard InChI is InChI=1S/C49H76O35Se/c1-70-13-2-4-14(5-3-13)85-12-21-42-28(62)35(69)49(77-21)83-41-20(11-55)75-47(33(67)26(41)60)81-39-18(9-53)73-45(31(65)24(39)58)79-37-16(7-51)71-43(29(63)22(37)56)78-36-15(6-50)72-44(30(64)23(36)57)80-38-17(8-52)74-46(32(66)25(38)59)82-40-19(10-54)76-48(84-42)34(68)27(40)61/h2-5,15-69H,6-12H2,1H3/t15-,16-,17-,18-,19-,20-,21-,22-,23+,24-,25+,26-,27+,28-,29-,30+,31-,32+,33-,34+,35-,36-,37-,38-,39-,40-,41-,42-,43-,44-,45-,46-,47-,48-,49-/m1/s1. The fraction of sp³-hybridized carbons (Fsp3) is 0.878. The van der Waals surface area contributed by atoms with Crippen LogP contribution in [0.1, 0.15) is 0 Å². The van der Waals surface area contributed by atoms with E-state index in [1.54, 1.807) is 24.3 Å². The monoisotopic (exact) mass is 1300 g/mol. The fourth-order valence-electron chi connectivity index (χ4n) is 11.3. The normalized spacial score (nSPS) is 51.2. The zero-order chi connectivity index (χ0) is 61.5. The van der Waals surface area contributed by atoms with E-state index in [2.05, 4.69) is 0 Å². The van der Waals surface area contributed by atoms with Gasteiger partial charge in [-0.3, -0.25) is 0 Å². The van der Waals surface area contributed by atoms with Gasteiger partial charge < -0.3 is 84.6 Å². The Hall–Kier alpha value is -1.82. The van der Waals surface area contributed by atoms with Gasteiger partial charge in [-0.15, -0.1) is 0 Å². The van der Waals surface area contributed by atoms with E-state index in [1.807, 2.05) is 0 Å². The summed E-state index contributed by atoms with van der Waals surface area (Å²) in [4.78, 5) is 0. The fourth-order valence-corrected chi connectivity index (χ4v) is 13.3. The number of aliphatic hydroxyl groups excluding tert-OH is 20. The van der Waals surface area contributed by atoms with Crippen LogP contribution in [0.5, 0.6) is 5.75 Å². The van der Waals surface area contributed by atoms with Gasteiger partial charge in [-0.05, 0) is 0 Å². The number of ether oxygens (including phenoxy) is 15. The number of hydrogen-bond acceptors (Lipinski definition) is 35. The van der Waals surface area contributed by atoms with Gasteiger partial charge in [0.1, 0.15) is 61.0 Å². The second-order valence-corrected chi connectivity index (χ2v) is 23.7. The second-order valence-electron chi connectivity index (χ2n) is 21.5. The summed E-state index contributed by atoms with van der Waals surface area (Å²) < 4.78 is 87.6. The van der Waals surface area contributed by atoms with Crippen molar-refractivity contribution >= 4 is 19.4 Å². The first-order chi connectivity index (χ1) is 40.6. The molecule has 21 aliphatic heterocycles. The van der Waals surface area contributed by atoms with E-state index >= 15 is 0 Å². The summed E-state index contributed by atoms with van der Waals surface area (Å²) in [5.41, 5.74) is 0. The third kappa shape index (κ3) is 13.9. The Morgan fingerprint density at radius 2 is 0.471 bits per heavy atom. The van der Waals surface area contributed by atoms with E-state index in [0.29, 0.717) is 5.75 Å². The Morgan fingerprint density at radius 3 is 0.659 bits per heavy atom. The van der Waals surface area contributed by atoms with Gasteiger partial charge in [0.15, 0.2) is 18.9 Å². The van der Waals surface area contributed by atoms with Crippen molar-refractivity contribution in [1.82, 2.24) is 0 Å². The van der Waals surface area contributed by atoms with Crippen molar-refractivity contribution in [3.63, 3.8) is 0 Å². The molecule has 0 saturated carbocycles. The number of hydrogen-bond donors (Lipinski definition) is 20. The molecule has 21 heterocycles. The Balaban J connectivity index is 1.02. The summed E-state index contributed by atoms with van der Waals surface area (Å²) in [6.07, 6.45) is -69.1. The first-order valence-electron chi connectivity index (χ1n) is 27.2. The predicted molar refractivity (Wildman–Crippen MR) is 265 cm³/mol. The van der Waals surface area contributed by atoms with Crippen LogP contribution in [-0.4, -0.2) is 379 Å². The molecule has 0 aromatic heterocycles. The minimum absolute atomic E-state index is 0.0335. The molecule has 36 heteroatoms. The van der Waals surface area contributed by atoms with Crippen LogP contribution in [-0.2, 0) is 66.3 Å². The van der Waals surface area contributed by atoms with E-state index in [4.69, 9.17) is 71.1 Å². The molecule has 85 heavy (non-hydrogen) atoms. The average Bonchev–Trinajstić information content (AvgIpc) is 2.71. The Labute approximate surface area is 488 Å². The third-order valence-electron chi connectivity index (χ3n) is 16.1. The summed E-state index contributed by atoms with van der Waals surface area (Å²) in [6, 6.07) is 6.80. The zero-order valence-electron chi connectivity index (χ0n) is 44.9. The van der Waals surface area contributed by atoms with Crippen molar-refractivity contribution in [2.75, 3.05) is 46.8 Å². The van der Waals surface area contributed by atoms with Crippen LogP contribution in [0.2, 0.25) is 5.32 Å². The van der Waals surface area contributed by atoms with Crippen LogP contribution in [0.15, 0.2) is 24.3 Å². The summed E-state index contributed by atoms with van der Waals surface area (Å²) in [5.74, 6) is 0.523. The maximum absolute atomic E-state index is 11.9. The molecule has 488 valence electrons. The number of aliphatic hydroxyl groups is 20. The van der Waals surface area contributed by atoms with Gasteiger partial charge in [0.25, 0.3) is 0 Å². The van der Waals surface area contributed by atoms with E-state index in [1.165, 1.54) is 7.11 Å². The summed E-state index contributed by atoms with van der Waals surface area (Å²) >= 11 is -0.579. The van der Waals surface area contributed by atoms with Gasteiger partial charge in [0.2, 0.25) is 0 Å². The molecule has 35 atom stereocenters. The maximum atomic E-state index is 11.9. The molecule has 21 saturated heterocycles. The number of benzene rings is 1. The molecule has 1 aromatic rings. The predicted octanol–water partition coefficient (Wildman–Crippen LogP) is -13.8. The molecule has 20 N–H and O–H groups in total. The van der Waals surface area contributed by atoms with Crippen molar-refractivity contribution in [1.29, 1.82) is 0 Å². The molecule has 0 radical (unpaired) electrons. The first kappa shape index (κ1) is 67.6. The van der Waals surface area contributed by atoms with Gasteiger partial charge in [0.05, 0.1) is 26.4 Å². The van der Waals surface area contributed by atoms with Crippen molar-refractivity contribution in [3.8, 4) is 5.75 Å². The summed E-state index contributed by atoms with van der Waals surface area (Å²) in [6.45, 7) is -6.20. The van der Waals surface area contributed by atoms with Crippen LogP contribution in [0.4, 0.5) is 0 Å². The Bertz CT molecular complexity index is 2200. The first-order valence-corrected chi connectivity index (χ1v) is 29.3. The van der Waals surface area contributed by atoms with Crippen molar-refractivity contribution in [3.05, 3.63) is 24.3 Å². The zero-order valence-corrected chi connectivity index (χ0v) is 46.7. The van der Waals surface area contributed by atoms with Crippen LogP contribution in [0.3, 0.4) is 0 Å². The van der Waals surface area contributed by atoms with Crippen LogP contribution >= 0.6 is 0 Å². The van der Waals surface area contributed by atoms with Crippen LogP contribution < -0.4 is 9.20 Å². The van der Waals surface area contributed by atoms with E-state index in [-0.39, 0.29) is 5.32 Å². The Morgan fingerprint density at radius 1 is 0.282 bits per heavy atom.